The van der Waals surface area contributed by atoms with Crippen molar-refractivity contribution in [3.05, 3.63) is 58.3 Å². The molecule has 1 fully saturated rings. The first-order valence-corrected chi connectivity index (χ1v) is 9.86. The zero-order valence-electron chi connectivity index (χ0n) is 14.6. The van der Waals surface area contributed by atoms with Gasteiger partial charge >= 0.3 is 0 Å². The van der Waals surface area contributed by atoms with E-state index in [9.17, 15) is 4.79 Å². The van der Waals surface area contributed by atoms with Gasteiger partial charge in [-0.2, -0.15) is 0 Å². The number of nitrogens with zero attached hydrogens (tertiary/aromatic N) is 2. The topological polar surface area (TPSA) is 45.2 Å². The zero-order valence-corrected chi connectivity index (χ0v) is 16.7. The lowest BCUT2D eigenvalue weighted by molar-refractivity contribution is -0.119. The Bertz CT molecular complexity index is 967. The molecule has 26 heavy (non-hydrogen) atoms. The standard InChI is InChI=1S/C21H20IN3O/c1-25-12-4-7-19(25)21(26)24-15-8-9-18(22)17(13-15)20-16-6-3-2-5-14(16)10-11-23-20/h2-3,5-6,8-11,13,19H,4,7,12H2,1H3,(H,24,26)/t19-/m0/s1. The highest BCUT2D eigenvalue weighted by Gasteiger charge is 2.27. The molecule has 1 aliphatic rings. The van der Waals surface area contributed by atoms with Crippen molar-refractivity contribution in [2.24, 2.45) is 0 Å². The third-order valence-electron chi connectivity index (χ3n) is 4.99. The maximum Gasteiger partial charge on any atom is 0.241 e. The average molecular weight is 457 g/mol. The molecule has 0 bridgehead atoms. The minimum Gasteiger partial charge on any atom is -0.325 e. The van der Waals surface area contributed by atoms with Crippen LogP contribution in [0.15, 0.2) is 54.7 Å². The van der Waals surface area contributed by atoms with Gasteiger partial charge in [0.05, 0.1) is 11.7 Å². The highest BCUT2D eigenvalue weighted by Crippen LogP contribution is 2.32. The van der Waals surface area contributed by atoms with Crippen molar-refractivity contribution in [2.75, 3.05) is 18.9 Å². The smallest absolute Gasteiger partial charge is 0.241 e. The fourth-order valence-corrected chi connectivity index (χ4v) is 4.18. The Labute approximate surface area is 166 Å². The molecule has 1 aromatic heterocycles. The number of likely N-dealkylation sites (tertiary alicyclic amines) is 1. The van der Waals surface area contributed by atoms with E-state index >= 15 is 0 Å². The van der Waals surface area contributed by atoms with E-state index in [4.69, 9.17) is 0 Å². The van der Waals surface area contributed by atoms with Crippen LogP contribution in [0.2, 0.25) is 0 Å². The van der Waals surface area contributed by atoms with E-state index < -0.39 is 0 Å². The maximum atomic E-state index is 12.6. The molecule has 1 atom stereocenters. The van der Waals surface area contributed by atoms with Crippen LogP contribution in [0.3, 0.4) is 0 Å². The Hall–Kier alpha value is -1.99. The summed E-state index contributed by atoms with van der Waals surface area (Å²) in [7, 11) is 2.01. The number of halogens is 1. The quantitative estimate of drug-likeness (QED) is 0.588. The SMILES string of the molecule is CN1CCC[C@H]1C(=O)Nc1ccc(I)c(-c2nccc3ccccc23)c1. The second-order valence-electron chi connectivity index (χ2n) is 6.70. The van der Waals surface area contributed by atoms with Crippen LogP contribution >= 0.6 is 22.6 Å². The molecule has 132 valence electrons. The van der Waals surface area contributed by atoms with E-state index in [1.165, 1.54) is 0 Å². The van der Waals surface area contributed by atoms with Crippen LogP contribution in [-0.2, 0) is 4.79 Å². The molecule has 4 rings (SSSR count). The first-order chi connectivity index (χ1) is 12.6. The van der Waals surface area contributed by atoms with Crippen molar-refractivity contribution in [2.45, 2.75) is 18.9 Å². The van der Waals surface area contributed by atoms with Crippen molar-refractivity contribution in [1.29, 1.82) is 0 Å². The summed E-state index contributed by atoms with van der Waals surface area (Å²) in [5, 5.41) is 5.37. The number of likely N-dealkylation sites (N-methyl/N-ethyl adjacent to an activating group) is 1. The van der Waals surface area contributed by atoms with Crippen LogP contribution in [-0.4, -0.2) is 35.4 Å². The average Bonchev–Trinajstić information content (AvgIpc) is 3.09. The predicted molar refractivity (Wildman–Crippen MR) is 114 cm³/mol. The Kier molecular flexibility index (Phi) is 4.91. The van der Waals surface area contributed by atoms with Gasteiger partial charge in [0.2, 0.25) is 5.91 Å². The summed E-state index contributed by atoms with van der Waals surface area (Å²) in [6, 6.07) is 16.3. The van der Waals surface area contributed by atoms with Gasteiger partial charge in [-0.25, -0.2) is 0 Å². The van der Waals surface area contributed by atoms with Gasteiger partial charge in [-0.3, -0.25) is 14.7 Å². The molecule has 1 aliphatic heterocycles. The van der Waals surface area contributed by atoms with Crippen molar-refractivity contribution in [3.63, 3.8) is 0 Å². The van der Waals surface area contributed by atoms with Crippen molar-refractivity contribution in [1.82, 2.24) is 9.88 Å². The Morgan fingerprint density at radius 3 is 2.88 bits per heavy atom. The van der Waals surface area contributed by atoms with Crippen LogP contribution in [0.25, 0.3) is 22.0 Å². The third kappa shape index (κ3) is 3.33. The lowest BCUT2D eigenvalue weighted by atomic mass is 10.0. The zero-order chi connectivity index (χ0) is 18.1. The predicted octanol–water partition coefficient (Wildman–Crippen LogP) is 4.54. The van der Waals surface area contributed by atoms with Crippen LogP contribution in [0.5, 0.6) is 0 Å². The Morgan fingerprint density at radius 1 is 1.23 bits per heavy atom. The van der Waals surface area contributed by atoms with Crippen LogP contribution in [0, 0.1) is 3.57 Å². The fraction of sp³-hybridized carbons (Fsp3) is 0.238. The van der Waals surface area contributed by atoms with Gasteiger partial charge in [0.15, 0.2) is 0 Å². The normalized spacial score (nSPS) is 17.5. The Balaban J connectivity index is 1.69. The lowest BCUT2D eigenvalue weighted by Crippen LogP contribution is -2.37. The highest BCUT2D eigenvalue weighted by atomic mass is 127. The third-order valence-corrected chi connectivity index (χ3v) is 5.93. The van der Waals surface area contributed by atoms with Crippen LogP contribution in [0.4, 0.5) is 5.69 Å². The van der Waals surface area contributed by atoms with Gasteiger partial charge in [-0.1, -0.05) is 24.3 Å². The number of fused-ring (bicyclic) bond motifs is 1. The molecule has 2 heterocycles. The van der Waals surface area contributed by atoms with E-state index in [1.54, 1.807) is 0 Å². The second kappa shape index (κ2) is 7.32. The minimum absolute atomic E-state index is 0.0339. The number of hydrogen-bond donors (Lipinski definition) is 1. The first kappa shape index (κ1) is 17.4. The van der Waals surface area contributed by atoms with Crippen molar-refractivity contribution >= 4 is 45.0 Å². The summed E-state index contributed by atoms with van der Waals surface area (Å²) in [5.41, 5.74) is 2.81. The number of carbonyl (C=O) groups excluding carboxylic acids is 1. The molecular formula is C21H20IN3O. The van der Waals surface area contributed by atoms with Crippen LogP contribution in [0.1, 0.15) is 12.8 Å². The number of carbonyl (C=O) groups is 1. The molecule has 0 radical (unpaired) electrons. The number of amides is 1. The molecule has 0 aliphatic carbocycles. The molecule has 3 aromatic rings. The highest BCUT2D eigenvalue weighted by molar-refractivity contribution is 14.1. The molecule has 5 heteroatoms. The van der Waals surface area contributed by atoms with Gasteiger partial charge in [-0.15, -0.1) is 0 Å². The van der Waals surface area contributed by atoms with Crippen molar-refractivity contribution < 1.29 is 4.79 Å². The molecule has 1 N–H and O–H groups in total. The van der Waals surface area contributed by atoms with Gasteiger partial charge < -0.3 is 5.32 Å². The summed E-state index contributed by atoms with van der Waals surface area (Å²) < 4.78 is 1.11. The monoisotopic (exact) mass is 457 g/mol. The summed E-state index contributed by atoms with van der Waals surface area (Å²) in [6.07, 6.45) is 3.84. The van der Waals surface area contributed by atoms with Gasteiger partial charge in [0.1, 0.15) is 0 Å². The van der Waals surface area contributed by atoms with Crippen LogP contribution < -0.4 is 5.32 Å². The molecule has 0 spiro atoms. The van der Waals surface area contributed by atoms with Gasteiger partial charge in [0, 0.05) is 26.4 Å². The number of pyridine rings is 1. The summed E-state index contributed by atoms with van der Waals surface area (Å²) >= 11 is 2.33. The number of anilines is 1. The van der Waals surface area contributed by atoms with E-state index in [2.05, 4.69) is 49.9 Å². The molecule has 2 aromatic carbocycles. The molecular weight excluding hydrogens is 437 g/mol. The Morgan fingerprint density at radius 2 is 2.08 bits per heavy atom. The molecule has 0 unspecified atom stereocenters. The number of nitrogens with one attached hydrogen (secondary N) is 1. The maximum absolute atomic E-state index is 12.6. The first-order valence-electron chi connectivity index (χ1n) is 8.78. The number of rotatable bonds is 3. The summed E-state index contributed by atoms with van der Waals surface area (Å²) in [5.74, 6) is 0.0723. The van der Waals surface area contributed by atoms with E-state index in [0.29, 0.717) is 0 Å². The largest absolute Gasteiger partial charge is 0.325 e. The van der Waals surface area contributed by atoms with Gasteiger partial charge in [-0.05, 0) is 78.7 Å². The fourth-order valence-electron chi connectivity index (χ4n) is 3.59. The number of hydrogen-bond acceptors (Lipinski definition) is 3. The number of aromatic nitrogens is 1. The van der Waals surface area contributed by atoms with E-state index in [-0.39, 0.29) is 11.9 Å². The lowest BCUT2D eigenvalue weighted by Gasteiger charge is -2.19. The van der Waals surface area contributed by atoms with Crippen molar-refractivity contribution in [3.8, 4) is 11.3 Å². The van der Waals surface area contributed by atoms with Gasteiger partial charge in [0.25, 0.3) is 0 Å². The molecule has 0 saturated carbocycles. The number of benzene rings is 2. The molecule has 1 amide bonds. The second-order valence-corrected chi connectivity index (χ2v) is 7.87. The summed E-state index contributed by atoms with van der Waals surface area (Å²) in [6.45, 7) is 0.982. The molecule has 1 saturated heterocycles. The molecule has 4 nitrogen and oxygen atoms in total. The minimum atomic E-state index is -0.0339. The van der Waals surface area contributed by atoms with E-state index in [1.807, 2.05) is 49.6 Å². The van der Waals surface area contributed by atoms with E-state index in [0.717, 1.165) is 50.7 Å². The summed E-state index contributed by atoms with van der Waals surface area (Å²) in [4.78, 5) is 19.3.